The summed E-state index contributed by atoms with van der Waals surface area (Å²) in [5.41, 5.74) is 2.31. The monoisotopic (exact) mass is 289 g/mol. The number of esters is 1. The SMILES string of the molecule is CCC1(CC)CCN(Cc2ccccc2C(=O)OC)CC1. The molecular formula is C18H27NO2. The van der Waals surface area contributed by atoms with Gasteiger partial charge in [0.1, 0.15) is 0 Å². The van der Waals surface area contributed by atoms with Gasteiger partial charge >= 0.3 is 5.97 Å². The van der Waals surface area contributed by atoms with Crippen molar-refractivity contribution in [2.24, 2.45) is 5.41 Å². The Balaban J connectivity index is 2.03. The van der Waals surface area contributed by atoms with Crippen LogP contribution in [0.15, 0.2) is 24.3 Å². The molecule has 1 saturated heterocycles. The van der Waals surface area contributed by atoms with Crippen molar-refractivity contribution in [2.45, 2.75) is 46.1 Å². The van der Waals surface area contributed by atoms with Crippen LogP contribution in [0.2, 0.25) is 0 Å². The van der Waals surface area contributed by atoms with E-state index in [1.165, 1.54) is 32.8 Å². The number of hydrogen-bond acceptors (Lipinski definition) is 3. The number of benzene rings is 1. The Morgan fingerprint density at radius 1 is 1.19 bits per heavy atom. The van der Waals surface area contributed by atoms with E-state index >= 15 is 0 Å². The maximum absolute atomic E-state index is 11.8. The zero-order valence-corrected chi connectivity index (χ0v) is 13.5. The van der Waals surface area contributed by atoms with Crippen molar-refractivity contribution in [1.29, 1.82) is 0 Å². The molecule has 3 nitrogen and oxygen atoms in total. The Morgan fingerprint density at radius 2 is 1.81 bits per heavy atom. The van der Waals surface area contributed by atoms with Crippen molar-refractivity contribution in [2.75, 3.05) is 20.2 Å². The zero-order chi connectivity index (χ0) is 15.3. The van der Waals surface area contributed by atoms with Gasteiger partial charge in [0, 0.05) is 6.54 Å². The van der Waals surface area contributed by atoms with Crippen molar-refractivity contribution >= 4 is 5.97 Å². The first kappa shape index (κ1) is 16.0. The minimum Gasteiger partial charge on any atom is -0.465 e. The summed E-state index contributed by atoms with van der Waals surface area (Å²) in [5, 5.41) is 0. The number of carbonyl (C=O) groups is 1. The smallest absolute Gasteiger partial charge is 0.338 e. The van der Waals surface area contributed by atoms with Gasteiger partial charge in [-0.25, -0.2) is 4.79 Å². The largest absolute Gasteiger partial charge is 0.465 e. The minimum absolute atomic E-state index is 0.237. The topological polar surface area (TPSA) is 29.5 Å². The van der Waals surface area contributed by atoms with Crippen molar-refractivity contribution in [1.82, 2.24) is 4.90 Å². The molecule has 1 aromatic carbocycles. The van der Waals surface area contributed by atoms with E-state index in [9.17, 15) is 4.79 Å². The molecule has 0 N–H and O–H groups in total. The molecule has 2 rings (SSSR count). The van der Waals surface area contributed by atoms with Crippen molar-refractivity contribution in [3.05, 3.63) is 35.4 Å². The Bertz CT molecular complexity index is 470. The first-order chi connectivity index (χ1) is 10.1. The van der Waals surface area contributed by atoms with Gasteiger partial charge in [-0.15, -0.1) is 0 Å². The van der Waals surface area contributed by atoms with Gasteiger partial charge in [0.05, 0.1) is 12.7 Å². The molecule has 116 valence electrons. The number of ether oxygens (including phenoxy) is 1. The lowest BCUT2D eigenvalue weighted by Gasteiger charge is -2.41. The van der Waals surface area contributed by atoms with Crippen LogP contribution in [0.1, 0.15) is 55.5 Å². The molecule has 0 aromatic heterocycles. The molecular weight excluding hydrogens is 262 g/mol. The van der Waals surface area contributed by atoms with Gasteiger partial charge < -0.3 is 4.74 Å². The summed E-state index contributed by atoms with van der Waals surface area (Å²) in [6.07, 6.45) is 5.08. The summed E-state index contributed by atoms with van der Waals surface area (Å²) in [6, 6.07) is 7.78. The number of rotatable bonds is 5. The Morgan fingerprint density at radius 3 is 2.38 bits per heavy atom. The molecule has 1 aromatic rings. The number of nitrogens with zero attached hydrogens (tertiary/aromatic N) is 1. The maximum Gasteiger partial charge on any atom is 0.338 e. The molecule has 1 aliphatic heterocycles. The molecule has 0 unspecified atom stereocenters. The van der Waals surface area contributed by atoms with Crippen LogP contribution in [-0.2, 0) is 11.3 Å². The second kappa shape index (κ2) is 7.08. The molecule has 1 heterocycles. The van der Waals surface area contributed by atoms with Gasteiger partial charge in [-0.1, -0.05) is 44.9 Å². The Labute approximate surface area is 128 Å². The van der Waals surface area contributed by atoms with E-state index in [2.05, 4.69) is 18.7 Å². The van der Waals surface area contributed by atoms with Crippen LogP contribution in [0.4, 0.5) is 0 Å². The van der Waals surface area contributed by atoms with E-state index in [0.29, 0.717) is 11.0 Å². The second-order valence-corrected chi connectivity index (χ2v) is 6.13. The highest BCUT2D eigenvalue weighted by atomic mass is 16.5. The molecule has 1 aliphatic rings. The van der Waals surface area contributed by atoms with Crippen LogP contribution in [0.3, 0.4) is 0 Å². The van der Waals surface area contributed by atoms with Gasteiger partial charge in [0.2, 0.25) is 0 Å². The molecule has 0 atom stereocenters. The lowest BCUT2D eigenvalue weighted by molar-refractivity contribution is 0.0594. The highest BCUT2D eigenvalue weighted by Gasteiger charge is 2.31. The standard InChI is InChI=1S/C18H27NO2/c1-4-18(5-2)10-12-19(13-11-18)14-15-8-6-7-9-16(15)17(20)21-3/h6-9H,4-5,10-14H2,1-3H3. The molecule has 0 radical (unpaired) electrons. The second-order valence-electron chi connectivity index (χ2n) is 6.13. The predicted molar refractivity (Wildman–Crippen MR) is 85.3 cm³/mol. The molecule has 21 heavy (non-hydrogen) atoms. The molecule has 1 fully saturated rings. The highest BCUT2D eigenvalue weighted by molar-refractivity contribution is 5.90. The summed E-state index contributed by atoms with van der Waals surface area (Å²) < 4.78 is 4.88. The van der Waals surface area contributed by atoms with Gasteiger partial charge in [0.25, 0.3) is 0 Å². The average Bonchev–Trinajstić information content (AvgIpc) is 2.55. The summed E-state index contributed by atoms with van der Waals surface area (Å²) in [7, 11) is 1.44. The summed E-state index contributed by atoms with van der Waals surface area (Å²) in [6.45, 7) is 7.71. The first-order valence-electron chi connectivity index (χ1n) is 8.02. The predicted octanol–water partition coefficient (Wildman–Crippen LogP) is 3.88. The van der Waals surface area contributed by atoms with E-state index in [1.807, 2.05) is 24.3 Å². The number of methoxy groups -OCH3 is 1. The van der Waals surface area contributed by atoms with Crippen molar-refractivity contribution < 1.29 is 9.53 Å². The van der Waals surface area contributed by atoms with Gasteiger partial charge in [0.15, 0.2) is 0 Å². The van der Waals surface area contributed by atoms with Crippen LogP contribution >= 0.6 is 0 Å². The number of likely N-dealkylation sites (tertiary alicyclic amines) is 1. The number of carbonyl (C=O) groups excluding carboxylic acids is 1. The van der Waals surface area contributed by atoms with Crippen LogP contribution in [-0.4, -0.2) is 31.1 Å². The van der Waals surface area contributed by atoms with Crippen molar-refractivity contribution in [3.8, 4) is 0 Å². The third-order valence-electron chi connectivity index (χ3n) is 5.23. The minimum atomic E-state index is -0.237. The van der Waals surface area contributed by atoms with E-state index in [4.69, 9.17) is 4.74 Å². The number of piperidine rings is 1. The Hall–Kier alpha value is -1.35. The lowest BCUT2D eigenvalue weighted by atomic mass is 9.74. The molecule has 3 heteroatoms. The van der Waals surface area contributed by atoms with Crippen molar-refractivity contribution in [3.63, 3.8) is 0 Å². The van der Waals surface area contributed by atoms with Crippen LogP contribution in [0.5, 0.6) is 0 Å². The fourth-order valence-electron chi connectivity index (χ4n) is 3.35. The quantitative estimate of drug-likeness (QED) is 0.771. The molecule has 0 saturated carbocycles. The lowest BCUT2D eigenvalue weighted by Crippen LogP contribution is -2.39. The van der Waals surface area contributed by atoms with Crippen LogP contribution in [0, 0.1) is 5.41 Å². The van der Waals surface area contributed by atoms with E-state index < -0.39 is 0 Å². The van der Waals surface area contributed by atoms with Gasteiger partial charge in [-0.05, 0) is 43.0 Å². The molecule has 0 amide bonds. The van der Waals surface area contributed by atoms with E-state index in [1.54, 1.807) is 0 Å². The zero-order valence-electron chi connectivity index (χ0n) is 13.5. The van der Waals surface area contributed by atoms with E-state index in [0.717, 1.165) is 25.2 Å². The summed E-state index contributed by atoms with van der Waals surface area (Å²) >= 11 is 0. The fraction of sp³-hybridized carbons (Fsp3) is 0.611. The normalized spacial score (nSPS) is 18.4. The molecule has 0 aliphatic carbocycles. The Kier molecular flexibility index (Phi) is 5.40. The van der Waals surface area contributed by atoms with Gasteiger partial charge in [-0.2, -0.15) is 0 Å². The summed E-state index contributed by atoms with van der Waals surface area (Å²) in [5.74, 6) is -0.237. The van der Waals surface area contributed by atoms with Crippen LogP contribution in [0.25, 0.3) is 0 Å². The number of hydrogen-bond donors (Lipinski definition) is 0. The summed E-state index contributed by atoms with van der Waals surface area (Å²) in [4.78, 5) is 14.3. The third-order valence-corrected chi connectivity index (χ3v) is 5.23. The first-order valence-corrected chi connectivity index (χ1v) is 8.02. The van der Waals surface area contributed by atoms with Crippen LogP contribution < -0.4 is 0 Å². The third kappa shape index (κ3) is 3.65. The average molecular weight is 289 g/mol. The highest BCUT2D eigenvalue weighted by Crippen LogP contribution is 2.38. The molecule has 0 bridgehead atoms. The maximum atomic E-state index is 11.8. The molecule has 0 spiro atoms. The van der Waals surface area contributed by atoms with E-state index in [-0.39, 0.29) is 5.97 Å². The fourth-order valence-corrected chi connectivity index (χ4v) is 3.35. The van der Waals surface area contributed by atoms with Gasteiger partial charge in [-0.3, -0.25) is 4.90 Å².